The molecule has 4 N–H and O–H groups in total. The van der Waals surface area contributed by atoms with E-state index in [2.05, 4.69) is 39.8 Å². The number of ether oxygens (including phenoxy) is 1. The van der Waals surface area contributed by atoms with Crippen molar-refractivity contribution in [3.05, 3.63) is 94.1 Å². The summed E-state index contributed by atoms with van der Waals surface area (Å²) in [4.78, 5) is 24.0. The number of hydrogen-bond acceptors (Lipinski definition) is 6. The highest BCUT2D eigenvalue weighted by Gasteiger charge is 2.32. The number of ketones is 1. The van der Waals surface area contributed by atoms with Gasteiger partial charge in [-0.15, -0.1) is 0 Å². The van der Waals surface area contributed by atoms with Crippen molar-refractivity contribution in [2.75, 3.05) is 6.61 Å². The number of aliphatic hydroxyl groups excluding tert-OH is 3. The summed E-state index contributed by atoms with van der Waals surface area (Å²) < 4.78 is 5.43. The Hall–Kier alpha value is -3.10. The molecule has 1 aromatic carbocycles. The molecule has 230 valence electrons. The average molecular weight is 581 g/mol. The van der Waals surface area contributed by atoms with Crippen LogP contribution in [0.25, 0.3) is 0 Å². The number of carboxylic acid groups (broad SMARTS) is 1. The Kier molecular flexibility index (Phi) is 13.8. The molecular formula is C35H48O7. The van der Waals surface area contributed by atoms with E-state index in [0.717, 1.165) is 22.3 Å². The van der Waals surface area contributed by atoms with Gasteiger partial charge in [0.1, 0.15) is 6.10 Å². The first kappa shape index (κ1) is 35.1. The molecule has 7 heteroatoms. The van der Waals surface area contributed by atoms with Gasteiger partial charge in [0.15, 0.2) is 11.9 Å². The minimum atomic E-state index is -1.66. The molecule has 0 aliphatic heterocycles. The molecule has 2 unspecified atom stereocenters. The number of carbonyl (C=O) groups excluding carboxylic acids is 1. The van der Waals surface area contributed by atoms with E-state index >= 15 is 0 Å². The summed E-state index contributed by atoms with van der Waals surface area (Å²) in [5, 5.41) is 38.2. The van der Waals surface area contributed by atoms with Crippen molar-refractivity contribution < 1.29 is 34.8 Å². The maximum absolute atomic E-state index is 12.6. The SMILES string of the molecule is CC1=C(/C=C/C(C)=C/C=C/C(C)=C/C(=O)Cc2ccc(C[C@H](OC(C(=O)O)[C@@H](O)CO)C(C)O)cc2)C(C)(C)CCC1. The highest BCUT2D eigenvalue weighted by molar-refractivity contribution is 5.92. The van der Waals surface area contributed by atoms with Crippen LogP contribution in [0.15, 0.2) is 83.0 Å². The molecular weight excluding hydrogens is 532 g/mol. The second-order valence-electron chi connectivity index (χ2n) is 12.0. The highest BCUT2D eigenvalue weighted by atomic mass is 16.5. The number of allylic oxidation sites excluding steroid dienone is 10. The lowest BCUT2D eigenvalue weighted by atomic mass is 9.72. The summed E-state index contributed by atoms with van der Waals surface area (Å²) in [6, 6.07) is 7.21. The average Bonchev–Trinajstić information content (AvgIpc) is 2.90. The monoisotopic (exact) mass is 580 g/mol. The fourth-order valence-corrected chi connectivity index (χ4v) is 5.14. The van der Waals surface area contributed by atoms with Crippen LogP contribution in [0, 0.1) is 5.41 Å². The van der Waals surface area contributed by atoms with Gasteiger partial charge >= 0.3 is 5.97 Å². The zero-order valence-corrected chi connectivity index (χ0v) is 25.8. The Morgan fingerprint density at radius 1 is 1.05 bits per heavy atom. The first-order valence-corrected chi connectivity index (χ1v) is 14.6. The van der Waals surface area contributed by atoms with Crippen LogP contribution in [0.3, 0.4) is 0 Å². The summed E-state index contributed by atoms with van der Waals surface area (Å²) in [7, 11) is 0. The van der Waals surface area contributed by atoms with E-state index in [0.29, 0.717) is 0 Å². The van der Waals surface area contributed by atoms with Crippen molar-refractivity contribution in [2.45, 2.75) is 98.1 Å². The van der Waals surface area contributed by atoms with Gasteiger partial charge in [-0.05, 0) is 80.7 Å². The summed E-state index contributed by atoms with van der Waals surface area (Å²) in [6.45, 7) is 11.5. The molecule has 0 amide bonds. The molecule has 0 fully saturated rings. The number of carboxylic acids is 1. The van der Waals surface area contributed by atoms with Gasteiger partial charge in [-0.2, -0.15) is 0 Å². The molecule has 0 radical (unpaired) electrons. The molecule has 0 heterocycles. The summed E-state index contributed by atoms with van der Waals surface area (Å²) >= 11 is 0. The number of aliphatic hydroxyl groups is 3. The summed E-state index contributed by atoms with van der Waals surface area (Å²) in [5.74, 6) is -1.45. The quantitative estimate of drug-likeness (QED) is 0.161. The van der Waals surface area contributed by atoms with Crippen LogP contribution >= 0.6 is 0 Å². The van der Waals surface area contributed by atoms with Gasteiger partial charge in [0.25, 0.3) is 0 Å². The molecule has 0 saturated heterocycles. The minimum Gasteiger partial charge on any atom is -0.479 e. The van der Waals surface area contributed by atoms with E-state index in [4.69, 9.17) is 9.84 Å². The van der Waals surface area contributed by atoms with Crippen LogP contribution < -0.4 is 0 Å². The zero-order valence-electron chi connectivity index (χ0n) is 25.8. The molecule has 7 nitrogen and oxygen atoms in total. The Balaban J connectivity index is 1.96. The van der Waals surface area contributed by atoms with Crippen molar-refractivity contribution >= 4 is 11.8 Å². The molecule has 2 rings (SSSR count). The topological polar surface area (TPSA) is 124 Å². The van der Waals surface area contributed by atoms with Crippen LogP contribution in [-0.2, 0) is 27.2 Å². The van der Waals surface area contributed by atoms with Crippen LogP contribution in [0.5, 0.6) is 0 Å². The number of aliphatic carboxylic acids is 1. The van der Waals surface area contributed by atoms with Crippen molar-refractivity contribution in [3.63, 3.8) is 0 Å². The predicted octanol–water partition coefficient (Wildman–Crippen LogP) is 5.44. The van der Waals surface area contributed by atoms with Crippen molar-refractivity contribution in [1.29, 1.82) is 0 Å². The Morgan fingerprint density at radius 2 is 1.69 bits per heavy atom. The maximum atomic E-state index is 12.6. The lowest BCUT2D eigenvalue weighted by molar-refractivity contribution is -0.173. The van der Waals surface area contributed by atoms with Gasteiger partial charge in [0.2, 0.25) is 0 Å². The Labute approximate surface area is 250 Å². The fraction of sp³-hybridized carbons (Fsp3) is 0.486. The maximum Gasteiger partial charge on any atom is 0.335 e. The summed E-state index contributed by atoms with van der Waals surface area (Å²) in [5.41, 5.74) is 6.69. The van der Waals surface area contributed by atoms with E-state index < -0.39 is 37.0 Å². The summed E-state index contributed by atoms with van der Waals surface area (Å²) in [6.07, 6.45) is 10.8. The molecule has 1 aliphatic rings. The first-order chi connectivity index (χ1) is 19.7. The Morgan fingerprint density at radius 3 is 2.26 bits per heavy atom. The lowest BCUT2D eigenvalue weighted by Crippen LogP contribution is -2.44. The van der Waals surface area contributed by atoms with Crippen LogP contribution in [0.1, 0.15) is 71.9 Å². The van der Waals surface area contributed by atoms with E-state index in [1.54, 1.807) is 18.2 Å². The molecule has 0 saturated carbocycles. The van der Waals surface area contributed by atoms with Crippen LogP contribution in [0.2, 0.25) is 0 Å². The van der Waals surface area contributed by atoms with Gasteiger partial charge in [-0.3, -0.25) is 4.79 Å². The van der Waals surface area contributed by atoms with Gasteiger partial charge in [0, 0.05) is 12.8 Å². The van der Waals surface area contributed by atoms with Crippen LogP contribution in [0.4, 0.5) is 0 Å². The number of benzene rings is 1. The lowest BCUT2D eigenvalue weighted by Gasteiger charge is -2.32. The van der Waals surface area contributed by atoms with E-state index in [1.807, 2.05) is 37.3 Å². The Bertz CT molecular complexity index is 1210. The predicted molar refractivity (Wildman–Crippen MR) is 166 cm³/mol. The second kappa shape index (κ2) is 16.5. The normalized spacial score (nSPS) is 19.3. The van der Waals surface area contributed by atoms with Gasteiger partial charge in [-0.1, -0.05) is 79.6 Å². The largest absolute Gasteiger partial charge is 0.479 e. The smallest absolute Gasteiger partial charge is 0.335 e. The molecule has 0 aromatic heterocycles. The third kappa shape index (κ3) is 11.3. The third-order valence-electron chi connectivity index (χ3n) is 7.64. The molecule has 0 bridgehead atoms. The van der Waals surface area contributed by atoms with Crippen molar-refractivity contribution in [1.82, 2.24) is 0 Å². The minimum absolute atomic E-state index is 0.0279. The number of hydrogen-bond donors (Lipinski definition) is 4. The second-order valence-corrected chi connectivity index (χ2v) is 12.0. The molecule has 1 aliphatic carbocycles. The number of carbonyl (C=O) groups is 2. The van der Waals surface area contributed by atoms with E-state index in [9.17, 15) is 24.9 Å². The molecule has 0 spiro atoms. The number of rotatable bonds is 15. The molecule has 1 aromatic rings. The van der Waals surface area contributed by atoms with Crippen molar-refractivity contribution in [3.8, 4) is 0 Å². The van der Waals surface area contributed by atoms with E-state index in [-0.39, 0.29) is 24.0 Å². The fourth-order valence-electron chi connectivity index (χ4n) is 5.14. The van der Waals surface area contributed by atoms with Gasteiger partial charge in [0.05, 0.1) is 18.8 Å². The van der Waals surface area contributed by atoms with Gasteiger partial charge in [-0.25, -0.2) is 4.79 Å². The van der Waals surface area contributed by atoms with E-state index in [1.165, 1.54) is 37.3 Å². The molecule has 4 atom stereocenters. The van der Waals surface area contributed by atoms with Crippen molar-refractivity contribution in [2.24, 2.45) is 5.41 Å². The first-order valence-electron chi connectivity index (χ1n) is 14.6. The highest BCUT2D eigenvalue weighted by Crippen LogP contribution is 2.40. The standard InChI is InChI=1S/C35H48O7/c1-23(12-17-30-25(3)11-8-18-35(30,5)6)9-7-10-24(2)19-29(38)20-27-13-15-28(16-14-27)21-32(26(4)37)42-33(34(40)41)31(39)22-36/h7,9-10,12-17,19,26,31-33,36-37,39H,8,11,18,20-22H2,1-6H3,(H,40,41)/b10-7+,17-12+,23-9+,24-19+/t26?,31-,32-,33?/m0/s1. The third-order valence-corrected chi connectivity index (χ3v) is 7.64. The molecule has 42 heavy (non-hydrogen) atoms. The zero-order chi connectivity index (χ0) is 31.4. The van der Waals surface area contributed by atoms with Gasteiger partial charge < -0.3 is 25.2 Å². The van der Waals surface area contributed by atoms with Crippen LogP contribution in [-0.4, -0.2) is 63.2 Å².